The molecule has 0 saturated carbocycles. The first-order chi connectivity index (χ1) is 15.7. The molecule has 0 amide bonds. The van der Waals surface area contributed by atoms with E-state index >= 15 is 0 Å². The summed E-state index contributed by atoms with van der Waals surface area (Å²) in [6.07, 6.45) is 13.7. The maximum absolute atomic E-state index is 4.13. The smallest absolute Gasteiger partial charge is 0.00266 e. The molecule has 0 nitrogen and oxygen atoms in total. The second-order valence-corrected chi connectivity index (χ2v) is 7.57. The number of rotatable bonds is 7. The lowest BCUT2D eigenvalue weighted by atomic mass is 9.87. The second-order valence-electron chi connectivity index (χ2n) is 7.57. The molecule has 0 aliphatic carbocycles. The van der Waals surface area contributed by atoms with Crippen LogP contribution in [0.15, 0.2) is 123 Å². The van der Waals surface area contributed by atoms with Gasteiger partial charge in [-0.1, -0.05) is 117 Å². The Kier molecular flexibility index (Phi) is 6.43. The molecule has 154 valence electrons. The van der Waals surface area contributed by atoms with Crippen LogP contribution >= 0.6 is 0 Å². The van der Waals surface area contributed by atoms with E-state index in [2.05, 4.69) is 98.6 Å². The maximum Gasteiger partial charge on any atom is -0.00266 e. The van der Waals surface area contributed by atoms with Crippen molar-refractivity contribution in [3.8, 4) is 22.3 Å². The molecule has 4 aromatic carbocycles. The molecule has 0 heteroatoms. The molecule has 0 radical (unpaired) electrons. The first-order valence-electron chi connectivity index (χ1n) is 10.7. The Labute approximate surface area is 190 Å². The van der Waals surface area contributed by atoms with E-state index in [1.807, 2.05) is 36.4 Å². The number of hydrogen-bond acceptors (Lipinski definition) is 0. The highest BCUT2D eigenvalue weighted by molar-refractivity contribution is 6.03. The van der Waals surface area contributed by atoms with Gasteiger partial charge in [-0.3, -0.25) is 0 Å². The summed E-state index contributed by atoms with van der Waals surface area (Å²) in [5.41, 5.74) is 8.04. The van der Waals surface area contributed by atoms with Crippen LogP contribution in [0.2, 0.25) is 0 Å². The molecule has 0 aliphatic rings. The summed E-state index contributed by atoms with van der Waals surface area (Å²) in [5.74, 6) is 0. The molecule has 0 fully saturated rings. The Bertz CT molecular complexity index is 1350. The van der Waals surface area contributed by atoms with Gasteiger partial charge < -0.3 is 0 Å². The predicted molar refractivity (Wildman–Crippen MR) is 143 cm³/mol. The minimum atomic E-state index is 1.09. The van der Waals surface area contributed by atoms with Crippen LogP contribution in [-0.2, 0) is 0 Å². The van der Waals surface area contributed by atoms with Crippen molar-refractivity contribution in [1.82, 2.24) is 0 Å². The van der Waals surface area contributed by atoms with Crippen molar-refractivity contribution in [2.45, 2.75) is 0 Å². The van der Waals surface area contributed by atoms with Crippen LogP contribution in [0.5, 0.6) is 0 Å². The maximum atomic E-state index is 4.13. The zero-order valence-electron chi connectivity index (χ0n) is 18.2. The van der Waals surface area contributed by atoms with Gasteiger partial charge >= 0.3 is 0 Å². The lowest BCUT2D eigenvalue weighted by molar-refractivity contribution is 1.56. The topological polar surface area (TPSA) is 0 Å². The lowest BCUT2D eigenvalue weighted by Crippen LogP contribution is -1.92. The van der Waals surface area contributed by atoms with Crippen molar-refractivity contribution < 1.29 is 0 Å². The summed E-state index contributed by atoms with van der Waals surface area (Å²) in [5, 5.41) is 2.40. The molecular formula is C32H26. The van der Waals surface area contributed by atoms with Crippen molar-refractivity contribution >= 4 is 29.0 Å². The van der Waals surface area contributed by atoms with Gasteiger partial charge in [0.2, 0.25) is 0 Å². The van der Waals surface area contributed by atoms with Crippen molar-refractivity contribution in [3.05, 3.63) is 140 Å². The van der Waals surface area contributed by atoms with Crippen molar-refractivity contribution in [2.24, 2.45) is 0 Å². The van der Waals surface area contributed by atoms with Gasteiger partial charge in [0.15, 0.2) is 0 Å². The highest BCUT2D eigenvalue weighted by atomic mass is 14.2. The van der Waals surface area contributed by atoms with Crippen LogP contribution in [-0.4, -0.2) is 0 Å². The molecule has 0 aromatic heterocycles. The second kappa shape index (κ2) is 9.76. The Morgan fingerprint density at radius 3 is 2.09 bits per heavy atom. The zero-order chi connectivity index (χ0) is 22.3. The summed E-state index contributed by atoms with van der Waals surface area (Å²) < 4.78 is 0. The van der Waals surface area contributed by atoms with Gasteiger partial charge in [0, 0.05) is 0 Å². The predicted octanol–water partition coefficient (Wildman–Crippen LogP) is 9.22. The fraction of sp³-hybridized carbons (Fsp3) is 0. The normalized spacial score (nSPS) is 11.2. The highest BCUT2D eigenvalue weighted by Crippen LogP contribution is 2.38. The lowest BCUT2D eigenvalue weighted by Gasteiger charge is -2.16. The monoisotopic (exact) mass is 410 g/mol. The number of fused-ring (bicyclic) bond motifs is 1. The quantitative estimate of drug-likeness (QED) is 0.266. The van der Waals surface area contributed by atoms with Crippen LogP contribution in [0.1, 0.15) is 16.7 Å². The SMILES string of the molecule is C=CC=CC=Cc1cc(-c2ccccc2)cc(-c2c(C=C)c(C=C)cc3ccccc23)c1. The zero-order valence-corrected chi connectivity index (χ0v) is 18.2. The number of benzene rings is 4. The minimum Gasteiger partial charge on any atom is -0.0991 e. The Hall–Kier alpha value is -4.16. The third kappa shape index (κ3) is 4.31. The molecule has 32 heavy (non-hydrogen) atoms. The molecule has 4 rings (SSSR count). The van der Waals surface area contributed by atoms with E-state index in [0.717, 1.165) is 22.3 Å². The molecule has 0 spiro atoms. The van der Waals surface area contributed by atoms with Gasteiger partial charge in [-0.2, -0.15) is 0 Å². The molecule has 0 atom stereocenters. The first-order valence-corrected chi connectivity index (χ1v) is 10.7. The van der Waals surface area contributed by atoms with Gasteiger partial charge in [0.1, 0.15) is 0 Å². The van der Waals surface area contributed by atoms with E-state index in [1.54, 1.807) is 6.08 Å². The van der Waals surface area contributed by atoms with Gasteiger partial charge in [-0.15, -0.1) is 0 Å². The summed E-state index contributed by atoms with van der Waals surface area (Å²) in [6, 6.07) is 27.9. The van der Waals surface area contributed by atoms with Crippen molar-refractivity contribution in [3.63, 3.8) is 0 Å². The van der Waals surface area contributed by atoms with Crippen LogP contribution in [0.3, 0.4) is 0 Å². The molecule has 0 heterocycles. The molecule has 0 bridgehead atoms. The minimum absolute atomic E-state index is 1.09. The van der Waals surface area contributed by atoms with Crippen LogP contribution in [0.4, 0.5) is 0 Å². The van der Waals surface area contributed by atoms with E-state index in [-0.39, 0.29) is 0 Å². The average Bonchev–Trinajstić information content (AvgIpc) is 2.85. The summed E-state index contributed by atoms with van der Waals surface area (Å²) in [6.45, 7) is 11.9. The third-order valence-corrected chi connectivity index (χ3v) is 5.54. The number of hydrogen-bond donors (Lipinski definition) is 0. The molecule has 0 saturated heterocycles. The molecular weight excluding hydrogens is 384 g/mol. The Morgan fingerprint density at radius 2 is 1.34 bits per heavy atom. The van der Waals surface area contributed by atoms with Crippen LogP contribution in [0, 0.1) is 0 Å². The highest BCUT2D eigenvalue weighted by Gasteiger charge is 2.13. The Morgan fingerprint density at radius 1 is 0.594 bits per heavy atom. The molecule has 0 N–H and O–H groups in total. The third-order valence-electron chi connectivity index (χ3n) is 5.54. The van der Waals surface area contributed by atoms with Crippen molar-refractivity contribution in [2.75, 3.05) is 0 Å². The van der Waals surface area contributed by atoms with E-state index in [9.17, 15) is 0 Å². The van der Waals surface area contributed by atoms with E-state index < -0.39 is 0 Å². The van der Waals surface area contributed by atoms with Crippen LogP contribution in [0.25, 0.3) is 51.3 Å². The number of allylic oxidation sites excluding steroid dienone is 4. The summed E-state index contributed by atoms with van der Waals surface area (Å²) in [4.78, 5) is 0. The van der Waals surface area contributed by atoms with Gasteiger partial charge in [0.05, 0.1) is 0 Å². The first kappa shape index (κ1) is 21.1. The average molecular weight is 411 g/mol. The standard InChI is InChI=1S/C32H26/c1-4-7-8-10-15-24-20-28(26-16-11-9-12-17-26)23-29(21-24)32-30(6-3)25(5-2)22-27-18-13-14-19-31(27)32/h4-23H,1-3H2. The van der Waals surface area contributed by atoms with E-state index in [1.165, 1.54) is 27.5 Å². The Balaban J connectivity index is 2.03. The van der Waals surface area contributed by atoms with E-state index in [0.29, 0.717) is 0 Å². The van der Waals surface area contributed by atoms with E-state index in [4.69, 9.17) is 0 Å². The molecule has 0 unspecified atom stereocenters. The summed E-state index contributed by atoms with van der Waals surface area (Å²) in [7, 11) is 0. The largest absolute Gasteiger partial charge is 0.0991 e. The van der Waals surface area contributed by atoms with Crippen LogP contribution < -0.4 is 0 Å². The van der Waals surface area contributed by atoms with Gasteiger partial charge in [-0.25, -0.2) is 0 Å². The van der Waals surface area contributed by atoms with Crippen molar-refractivity contribution in [1.29, 1.82) is 0 Å². The molecule has 4 aromatic rings. The van der Waals surface area contributed by atoms with Gasteiger partial charge in [0.25, 0.3) is 0 Å². The molecule has 0 aliphatic heterocycles. The van der Waals surface area contributed by atoms with Gasteiger partial charge in [-0.05, 0) is 74.0 Å². The fourth-order valence-corrected chi connectivity index (χ4v) is 4.08. The fourth-order valence-electron chi connectivity index (χ4n) is 4.08. The summed E-state index contributed by atoms with van der Waals surface area (Å²) >= 11 is 0.